The fourth-order valence-corrected chi connectivity index (χ4v) is 6.96. The maximum absolute atomic E-state index is 8.18. The number of hydrogen-bond donors (Lipinski definition) is 0. The lowest BCUT2D eigenvalue weighted by Gasteiger charge is -2.27. The molecule has 2 aromatic heterocycles. The van der Waals surface area contributed by atoms with E-state index in [4.69, 9.17) is 21.7 Å². The Hall–Kier alpha value is -4.98. The highest BCUT2D eigenvalue weighted by Crippen LogP contribution is 2.43. The predicted octanol–water partition coefficient (Wildman–Crippen LogP) is 11.6. The van der Waals surface area contributed by atoms with Crippen molar-refractivity contribution in [1.82, 2.24) is 9.55 Å². The van der Waals surface area contributed by atoms with Crippen LogP contribution in [-0.4, -0.2) is 9.55 Å². The van der Waals surface area contributed by atoms with Gasteiger partial charge in [-0.25, -0.2) is 4.98 Å². The molecule has 0 amide bonds. The second-order valence-corrected chi connectivity index (χ2v) is 13.9. The van der Waals surface area contributed by atoms with Crippen LogP contribution in [0.4, 0.5) is 0 Å². The van der Waals surface area contributed by atoms with Gasteiger partial charge in [-0.1, -0.05) is 106 Å². The Kier molecular flexibility index (Phi) is 5.14. The third-order valence-electron chi connectivity index (χ3n) is 9.04. The first-order valence-corrected chi connectivity index (χ1v) is 16.4. The van der Waals surface area contributed by atoms with Crippen LogP contribution >= 0.6 is 9.24 Å². The number of rotatable bonds is 4. The van der Waals surface area contributed by atoms with Gasteiger partial charge in [-0.15, -0.1) is 9.24 Å². The summed E-state index contributed by atoms with van der Waals surface area (Å²) in [5, 5.41) is 2.63. The smallest absolute Gasteiger partial charge is 0.149 e. The molecule has 0 fully saturated rings. The van der Waals surface area contributed by atoms with Crippen LogP contribution < -0.4 is 5.30 Å². The Bertz CT molecular complexity index is 2820. The number of benzene rings is 6. The summed E-state index contributed by atoms with van der Waals surface area (Å²) in [6.45, 7) is -2.11. The molecule has 1 atom stereocenters. The summed E-state index contributed by atoms with van der Waals surface area (Å²) in [7, 11) is 2.80. The predicted molar refractivity (Wildman–Crippen MR) is 207 cm³/mol. The number of aryl methyl sites for hydroxylation is 2. The zero-order valence-corrected chi connectivity index (χ0v) is 28.0. The van der Waals surface area contributed by atoms with Crippen molar-refractivity contribution in [1.29, 1.82) is 0 Å². The van der Waals surface area contributed by atoms with Crippen LogP contribution in [0.5, 0.6) is 0 Å². The molecule has 0 saturated heterocycles. The number of fused-ring (bicyclic) bond motifs is 4. The lowest BCUT2D eigenvalue weighted by molar-refractivity contribution is 0.587. The van der Waals surface area contributed by atoms with Crippen molar-refractivity contribution < 1.29 is 16.8 Å². The minimum atomic E-state index is -2.96. The Morgan fingerprint density at radius 1 is 0.688 bits per heavy atom. The van der Waals surface area contributed by atoms with E-state index in [1.54, 1.807) is 12.1 Å². The van der Waals surface area contributed by atoms with Gasteiger partial charge in [-0.2, -0.15) is 0 Å². The van der Waals surface area contributed by atoms with Crippen molar-refractivity contribution in [2.45, 2.75) is 46.7 Å². The number of furan rings is 1. The summed E-state index contributed by atoms with van der Waals surface area (Å²) in [4.78, 5) is 5.28. The number of aromatic nitrogens is 2. The fourth-order valence-electron chi connectivity index (χ4n) is 6.70. The first-order chi connectivity index (χ1) is 26.7. The molecule has 0 radical (unpaired) electrons. The Balaban J connectivity index is 1.40. The monoisotopic (exact) mass is 651 g/mol. The standard InChI is InChI=1S/C44H39N2OP/c1-26-22-31(23-27(2)28(26)3)30-18-20-34-35-15-10-16-36(42(35)47-40(34)24-30)43-45-38-21-19-32(48)25-39(38)46(43)41-33(29-12-8-7-9-13-29)14-11-17-37(41)44(4,5)6/h7-25H,48H2,1-6H3/i1D3,2D3,3D3. The minimum Gasteiger partial charge on any atom is -0.455 e. The molecule has 236 valence electrons. The number of imidazole rings is 1. The third kappa shape index (κ3) is 4.97. The van der Waals surface area contributed by atoms with Crippen molar-refractivity contribution in [2.24, 2.45) is 0 Å². The van der Waals surface area contributed by atoms with Gasteiger partial charge < -0.3 is 4.42 Å². The largest absolute Gasteiger partial charge is 0.455 e. The molecule has 48 heavy (non-hydrogen) atoms. The van der Waals surface area contributed by atoms with Gasteiger partial charge >= 0.3 is 0 Å². The average molecular weight is 652 g/mol. The average Bonchev–Trinajstić information content (AvgIpc) is 3.70. The normalized spacial score (nSPS) is 15.6. The third-order valence-corrected chi connectivity index (χ3v) is 9.40. The molecule has 1 unspecified atom stereocenters. The maximum Gasteiger partial charge on any atom is 0.149 e. The minimum absolute atomic E-state index is 0.241. The van der Waals surface area contributed by atoms with Gasteiger partial charge in [-0.3, -0.25) is 4.57 Å². The van der Waals surface area contributed by atoms with Gasteiger partial charge in [0.25, 0.3) is 0 Å². The first-order valence-electron chi connectivity index (χ1n) is 20.3. The summed E-state index contributed by atoms with van der Waals surface area (Å²) >= 11 is 0. The zero-order valence-electron chi connectivity index (χ0n) is 35.8. The van der Waals surface area contributed by atoms with E-state index in [0.717, 1.165) is 55.1 Å². The quantitative estimate of drug-likeness (QED) is 0.177. The van der Waals surface area contributed by atoms with Gasteiger partial charge in [0.1, 0.15) is 17.0 Å². The highest BCUT2D eigenvalue weighted by Gasteiger charge is 2.27. The molecule has 0 bridgehead atoms. The van der Waals surface area contributed by atoms with Crippen molar-refractivity contribution in [3.8, 4) is 39.3 Å². The molecule has 8 rings (SSSR count). The van der Waals surface area contributed by atoms with Crippen LogP contribution in [0.25, 0.3) is 72.3 Å². The lowest BCUT2D eigenvalue weighted by atomic mass is 9.83. The van der Waals surface area contributed by atoms with Crippen LogP contribution in [0.2, 0.25) is 0 Å². The first kappa shape index (κ1) is 21.8. The van der Waals surface area contributed by atoms with E-state index >= 15 is 0 Å². The SMILES string of the molecule is [2H]C([2H])([2H])c1cc(-c2ccc3c(c2)oc2c(-c4nc5ccc(P)cc5n4-c4c(-c5ccccc5)cccc4C(C)(C)C)cccc23)cc(C([2H])([2H])[2H])c1C([2H])([2H])[2H]. The van der Waals surface area contributed by atoms with Gasteiger partial charge in [-0.05, 0) is 101 Å². The molecule has 0 aliphatic heterocycles. The van der Waals surface area contributed by atoms with E-state index in [2.05, 4.69) is 71.0 Å². The van der Waals surface area contributed by atoms with E-state index < -0.39 is 37.2 Å². The second kappa shape index (κ2) is 11.3. The van der Waals surface area contributed by atoms with E-state index in [1.807, 2.05) is 54.6 Å². The molecule has 0 saturated carbocycles. The van der Waals surface area contributed by atoms with Crippen LogP contribution in [-0.2, 0) is 5.41 Å². The molecule has 0 aliphatic rings. The van der Waals surface area contributed by atoms with Crippen LogP contribution in [0, 0.1) is 20.6 Å². The summed E-state index contributed by atoms with van der Waals surface area (Å²) in [6, 6.07) is 36.7. The van der Waals surface area contributed by atoms with E-state index in [1.165, 1.54) is 12.1 Å². The summed E-state index contributed by atoms with van der Waals surface area (Å²) < 4.78 is 82.2. The van der Waals surface area contributed by atoms with Gasteiger partial charge in [0.05, 0.1) is 22.3 Å². The Morgan fingerprint density at radius 2 is 1.46 bits per heavy atom. The zero-order chi connectivity index (χ0) is 40.8. The fraction of sp³-hybridized carbons (Fsp3) is 0.159. The highest BCUT2D eigenvalue weighted by atomic mass is 31.0. The van der Waals surface area contributed by atoms with Crippen LogP contribution in [0.3, 0.4) is 0 Å². The maximum atomic E-state index is 8.18. The molecule has 2 heterocycles. The number of hydrogen-bond acceptors (Lipinski definition) is 2. The lowest BCUT2D eigenvalue weighted by Crippen LogP contribution is -2.16. The van der Waals surface area contributed by atoms with Crippen LogP contribution in [0.1, 0.15) is 55.4 Å². The Labute approximate surface area is 297 Å². The van der Waals surface area contributed by atoms with E-state index in [9.17, 15) is 0 Å². The summed E-state index contributed by atoms with van der Waals surface area (Å²) in [6.07, 6.45) is 0. The van der Waals surface area contributed by atoms with Crippen molar-refractivity contribution in [3.05, 3.63) is 138 Å². The molecule has 0 spiro atoms. The number of para-hydroxylation sites is 2. The van der Waals surface area contributed by atoms with Gasteiger partial charge in [0, 0.05) is 28.7 Å². The van der Waals surface area contributed by atoms with Gasteiger partial charge in [0.2, 0.25) is 0 Å². The topological polar surface area (TPSA) is 31.0 Å². The molecule has 6 aromatic carbocycles. The summed E-state index contributed by atoms with van der Waals surface area (Å²) in [5.41, 5.74) is 6.62. The molecule has 4 heteroatoms. The summed E-state index contributed by atoms with van der Waals surface area (Å²) in [5.74, 6) is 0.684. The van der Waals surface area contributed by atoms with Gasteiger partial charge in [0.15, 0.2) is 0 Å². The molecular weight excluding hydrogens is 603 g/mol. The van der Waals surface area contributed by atoms with Crippen molar-refractivity contribution >= 4 is 47.5 Å². The number of nitrogens with zero attached hydrogens (tertiary/aromatic N) is 2. The van der Waals surface area contributed by atoms with E-state index in [0.29, 0.717) is 22.6 Å². The molecule has 8 aromatic rings. The van der Waals surface area contributed by atoms with Crippen molar-refractivity contribution in [3.63, 3.8) is 0 Å². The molecule has 0 aliphatic carbocycles. The van der Waals surface area contributed by atoms with Crippen LogP contribution in [0.15, 0.2) is 120 Å². The molecule has 3 nitrogen and oxygen atoms in total. The van der Waals surface area contributed by atoms with E-state index in [-0.39, 0.29) is 11.0 Å². The van der Waals surface area contributed by atoms with Crippen molar-refractivity contribution in [2.75, 3.05) is 0 Å². The molecule has 0 N–H and O–H groups in total. The molecular formula is C44H39N2OP. The highest BCUT2D eigenvalue weighted by molar-refractivity contribution is 7.27. The Morgan fingerprint density at radius 3 is 2.21 bits per heavy atom. The second-order valence-electron chi connectivity index (χ2n) is 13.3.